The fourth-order valence-corrected chi connectivity index (χ4v) is 2.83. The fraction of sp³-hybridized carbons (Fsp3) is 0.556. The number of likely N-dealkylation sites (tertiary alicyclic amines) is 1. The van der Waals surface area contributed by atoms with Crippen LogP contribution in [0, 0.1) is 5.92 Å². The lowest BCUT2D eigenvalue weighted by molar-refractivity contribution is -0.133. The van der Waals surface area contributed by atoms with E-state index in [4.69, 9.17) is 16.3 Å². The molecule has 1 aliphatic rings. The molecule has 1 aliphatic heterocycles. The predicted octanol–water partition coefficient (Wildman–Crippen LogP) is 2.76. The predicted molar refractivity (Wildman–Crippen MR) is 117 cm³/mol. The van der Waals surface area contributed by atoms with Crippen LogP contribution in [0.3, 0.4) is 0 Å². The molecule has 2 rings (SSSR count). The molecule has 146 valence electrons. The lowest BCUT2D eigenvalue weighted by Gasteiger charge is -2.20. The van der Waals surface area contributed by atoms with Crippen molar-refractivity contribution in [3.05, 3.63) is 29.3 Å². The van der Waals surface area contributed by atoms with E-state index in [1.54, 1.807) is 19.2 Å². The first-order valence-electron chi connectivity index (χ1n) is 8.64. The first-order chi connectivity index (χ1) is 12.0. The van der Waals surface area contributed by atoms with Crippen LogP contribution < -0.4 is 15.4 Å². The summed E-state index contributed by atoms with van der Waals surface area (Å²) in [5, 5.41) is 7.29. The van der Waals surface area contributed by atoms with Gasteiger partial charge in [-0.25, -0.2) is 0 Å². The van der Waals surface area contributed by atoms with Crippen LogP contribution in [0.4, 0.5) is 0 Å². The summed E-state index contributed by atoms with van der Waals surface area (Å²) in [4.78, 5) is 18.2. The second-order valence-corrected chi connectivity index (χ2v) is 6.81. The Kier molecular flexibility index (Phi) is 10.1. The number of aliphatic imine (C=N–C) groups is 1. The van der Waals surface area contributed by atoms with Crippen molar-refractivity contribution >= 4 is 47.4 Å². The van der Waals surface area contributed by atoms with E-state index < -0.39 is 0 Å². The highest BCUT2D eigenvalue weighted by atomic mass is 127. The Balaban J connectivity index is 0.00000338. The number of hydrogen-bond acceptors (Lipinski definition) is 3. The SMILES string of the molecule is CN=C(NCCOc1ccc(Cl)cc1)NC1CCN(C(=O)C(C)C)C1.I. The number of ether oxygens (including phenoxy) is 1. The van der Waals surface area contributed by atoms with Gasteiger partial charge in [0.1, 0.15) is 12.4 Å². The van der Waals surface area contributed by atoms with Crippen molar-refractivity contribution in [1.29, 1.82) is 0 Å². The van der Waals surface area contributed by atoms with Crippen LogP contribution in [0.2, 0.25) is 5.02 Å². The number of amides is 1. The summed E-state index contributed by atoms with van der Waals surface area (Å²) in [5.74, 6) is 1.76. The molecule has 8 heteroatoms. The van der Waals surface area contributed by atoms with Crippen molar-refractivity contribution in [3.63, 3.8) is 0 Å². The normalized spacial score (nSPS) is 17.0. The van der Waals surface area contributed by atoms with Crippen molar-refractivity contribution in [2.75, 3.05) is 33.3 Å². The van der Waals surface area contributed by atoms with E-state index in [1.165, 1.54) is 0 Å². The van der Waals surface area contributed by atoms with Crippen LogP contribution in [0.15, 0.2) is 29.3 Å². The third-order valence-electron chi connectivity index (χ3n) is 4.04. The molecule has 0 saturated carbocycles. The van der Waals surface area contributed by atoms with Crippen LogP contribution in [0.5, 0.6) is 5.75 Å². The fourth-order valence-electron chi connectivity index (χ4n) is 2.70. The maximum absolute atomic E-state index is 12.0. The molecule has 26 heavy (non-hydrogen) atoms. The van der Waals surface area contributed by atoms with E-state index in [9.17, 15) is 4.79 Å². The lowest BCUT2D eigenvalue weighted by atomic mass is 10.2. The standard InChI is InChI=1S/C18H27ClN4O2.HI/c1-13(2)17(24)23-10-8-15(12-23)22-18(20-3)21-9-11-25-16-6-4-14(19)5-7-16;/h4-7,13,15H,8-12H2,1-3H3,(H2,20,21,22);1H. The maximum atomic E-state index is 12.0. The summed E-state index contributed by atoms with van der Waals surface area (Å²) in [6.45, 7) is 6.54. The molecular formula is C18H28ClIN4O2. The molecule has 1 unspecified atom stereocenters. The number of nitrogens with zero attached hydrogens (tertiary/aromatic N) is 2. The average Bonchev–Trinajstić information content (AvgIpc) is 3.06. The maximum Gasteiger partial charge on any atom is 0.225 e. The van der Waals surface area contributed by atoms with E-state index in [-0.39, 0.29) is 41.8 Å². The van der Waals surface area contributed by atoms with Gasteiger partial charge in [0.05, 0.1) is 6.54 Å². The monoisotopic (exact) mass is 494 g/mol. The summed E-state index contributed by atoms with van der Waals surface area (Å²) in [6, 6.07) is 7.51. The third-order valence-corrected chi connectivity index (χ3v) is 4.29. The van der Waals surface area contributed by atoms with Gasteiger partial charge in [-0.1, -0.05) is 25.4 Å². The van der Waals surface area contributed by atoms with Gasteiger partial charge in [0.25, 0.3) is 0 Å². The average molecular weight is 495 g/mol. The second kappa shape index (κ2) is 11.5. The van der Waals surface area contributed by atoms with Crippen molar-refractivity contribution < 1.29 is 9.53 Å². The number of benzene rings is 1. The largest absolute Gasteiger partial charge is 0.492 e. The molecule has 0 aromatic heterocycles. The van der Waals surface area contributed by atoms with E-state index in [0.29, 0.717) is 18.2 Å². The second-order valence-electron chi connectivity index (χ2n) is 6.37. The summed E-state index contributed by atoms with van der Waals surface area (Å²) in [7, 11) is 1.74. The molecule has 1 aromatic rings. The highest BCUT2D eigenvalue weighted by molar-refractivity contribution is 14.0. The van der Waals surface area contributed by atoms with Crippen LogP contribution in [-0.4, -0.2) is 56.1 Å². The van der Waals surface area contributed by atoms with E-state index in [0.717, 1.165) is 31.2 Å². The minimum Gasteiger partial charge on any atom is -0.492 e. The molecule has 6 nitrogen and oxygen atoms in total. The van der Waals surface area contributed by atoms with Crippen LogP contribution in [-0.2, 0) is 4.79 Å². The van der Waals surface area contributed by atoms with Gasteiger partial charge in [-0.2, -0.15) is 0 Å². The number of nitrogens with one attached hydrogen (secondary N) is 2. The van der Waals surface area contributed by atoms with Gasteiger partial charge >= 0.3 is 0 Å². The first-order valence-corrected chi connectivity index (χ1v) is 9.01. The van der Waals surface area contributed by atoms with Crippen molar-refractivity contribution in [3.8, 4) is 5.75 Å². The van der Waals surface area contributed by atoms with Crippen molar-refractivity contribution in [1.82, 2.24) is 15.5 Å². The quantitative estimate of drug-likeness (QED) is 0.276. The Morgan fingerprint density at radius 1 is 1.38 bits per heavy atom. The third kappa shape index (κ3) is 7.19. The molecule has 0 bridgehead atoms. The van der Waals surface area contributed by atoms with Crippen molar-refractivity contribution in [2.45, 2.75) is 26.3 Å². The molecule has 0 spiro atoms. The molecule has 1 aromatic carbocycles. The highest BCUT2D eigenvalue weighted by Gasteiger charge is 2.27. The zero-order valence-corrected chi connectivity index (χ0v) is 18.6. The zero-order valence-electron chi connectivity index (χ0n) is 15.5. The molecule has 1 fully saturated rings. The van der Waals surface area contributed by atoms with Gasteiger partial charge in [0, 0.05) is 37.1 Å². The van der Waals surface area contributed by atoms with Crippen molar-refractivity contribution in [2.24, 2.45) is 10.9 Å². The summed E-state index contributed by atoms with van der Waals surface area (Å²) >= 11 is 5.84. The molecule has 1 atom stereocenters. The van der Waals surface area contributed by atoms with Gasteiger partial charge < -0.3 is 20.3 Å². The summed E-state index contributed by atoms with van der Waals surface area (Å²) in [6.07, 6.45) is 0.931. The number of carbonyl (C=O) groups excluding carboxylic acids is 1. The van der Waals surface area contributed by atoms with E-state index in [2.05, 4.69) is 15.6 Å². The molecule has 1 heterocycles. The van der Waals surface area contributed by atoms with Gasteiger partial charge in [-0.05, 0) is 30.7 Å². The van der Waals surface area contributed by atoms with Gasteiger partial charge in [-0.15, -0.1) is 24.0 Å². The Bertz CT molecular complexity index is 595. The molecule has 0 radical (unpaired) electrons. The molecule has 1 amide bonds. The minimum atomic E-state index is 0. The number of guanidine groups is 1. The van der Waals surface area contributed by atoms with Gasteiger partial charge in [0.2, 0.25) is 5.91 Å². The van der Waals surface area contributed by atoms with Crippen LogP contribution in [0.25, 0.3) is 0 Å². The van der Waals surface area contributed by atoms with Gasteiger partial charge in [0.15, 0.2) is 5.96 Å². The Morgan fingerprint density at radius 2 is 2.08 bits per heavy atom. The van der Waals surface area contributed by atoms with E-state index in [1.807, 2.05) is 30.9 Å². The summed E-state index contributed by atoms with van der Waals surface area (Å²) in [5.41, 5.74) is 0. The molecule has 2 N–H and O–H groups in total. The Morgan fingerprint density at radius 3 is 2.69 bits per heavy atom. The Labute approximate surface area is 177 Å². The smallest absolute Gasteiger partial charge is 0.225 e. The van der Waals surface area contributed by atoms with E-state index >= 15 is 0 Å². The van der Waals surface area contributed by atoms with Gasteiger partial charge in [-0.3, -0.25) is 9.79 Å². The lowest BCUT2D eigenvalue weighted by Crippen LogP contribution is -2.46. The summed E-state index contributed by atoms with van der Waals surface area (Å²) < 4.78 is 5.64. The van der Waals surface area contributed by atoms with Crippen LogP contribution in [0.1, 0.15) is 20.3 Å². The Hall–Kier alpha value is -1.22. The minimum absolute atomic E-state index is 0. The molecule has 0 aliphatic carbocycles. The number of hydrogen-bond donors (Lipinski definition) is 2. The molecule has 1 saturated heterocycles. The number of halogens is 2. The highest BCUT2D eigenvalue weighted by Crippen LogP contribution is 2.15. The zero-order chi connectivity index (χ0) is 18.2. The number of carbonyl (C=O) groups is 1. The topological polar surface area (TPSA) is 66.0 Å². The van der Waals surface area contributed by atoms with Crippen LogP contribution >= 0.6 is 35.6 Å². The first kappa shape index (κ1) is 22.8. The number of rotatable bonds is 6. The molecular weight excluding hydrogens is 467 g/mol.